The van der Waals surface area contributed by atoms with Gasteiger partial charge in [0.25, 0.3) is 5.91 Å². The third-order valence-electron chi connectivity index (χ3n) is 3.55. The summed E-state index contributed by atoms with van der Waals surface area (Å²) in [6.07, 6.45) is 1.57. The van der Waals surface area contributed by atoms with Gasteiger partial charge in [-0.2, -0.15) is 0 Å². The third kappa shape index (κ3) is 4.19. The molecule has 0 saturated heterocycles. The number of hydrogen-bond donors (Lipinski definition) is 1. The van der Waals surface area contributed by atoms with Gasteiger partial charge < -0.3 is 19.2 Å². The van der Waals surface area contributed by atoms with Crippen LogP contribution in [0.4, 0.5) is 5.13 Å². The molecule has 2 amide bonds. The molecule has 0 bridgehead atoms. The van der Waals surface area contributed by atoms with Crippen molar-refractivity contribution in [2.24, 2.45) is 7.05 Å². The highest BCUT2D eigenvalue weighted by Crippen LogP contribution is 2.25. The largest absolute Gasteiger partial charge is 0.461 e. The maximum Gasteiger partial charge on any atom is 0.265 e. The van der Waals surface area contributed by atoms with Crippen molar-refractivity contribution in [3.8, 4) is 11.6 Å². The summed E-state index contributed by atoms with van der Waals surface area (Å²) >= 11 is 2.41. The molecule has 0 radical (unpaired) electrons. The van der Waals surface area contributed by atoms with E-state index in [-0.39, 0.29) is 17.6 Å². The van der Waals surface area contributed by atoms with E-state index in [1.807, 2.05) is 0 Å². The lowest BCUT2D eigenvalue weighted by molar-refractivity contribution is -0.113. The number of thioether (sulfide) groups is 1. The fraction of sp³-hybridized carbons (Fsp3) is 0.312. The van der Waals surface area contributed by atoms with E-state index in [0.29, 0.717) is 32.4 Å². The first-order valence-corrected chi connectivity index (χ1v) is 9.72. The van der Waals surface area contributed by atoms with Crippen LogP contribution in [0.15, 0.2) is 28.0 Å². The monoisotopic (exact) mass is 406 g/mol. The molecule has 0 unspecified atom stereocenters. The Balaban J connectivity index is 1.61. The first-order valence-electron chi connectivity index (χ1n) is 7.91. The van der Waals surface area contributed by atoms with Crippen molar-refractivity contribution < 1.29 is 14.0 Å². The van der Waals surface area contributed by atoms with Gasteiger partial charge in [0.05, 0.1) is 17.7 Å². The summed E-state index contributed by atoms with van der Waals surface area (Å²) < 4.78 is 7.08. The smallest absolute Gasteiger partial charge is 0.265 e. The number of aryl methyl sites for hydroxylation is 1. The summed E-state index contributed by atoms with van der Waals surface area (Å²) in [7, 11) is 5.16. The van der Waals surface area contributed by atoms with E-state index in [1.165, 1.54) is 16.7 Å². The Morgan fingerprint density at radius 1 is 1.37 bits per heavy atom. The fourth-order valence-electron chi connectivity index (χ4n) is 2.20. The quantitative estimate of drug-likeness (QED) is 0.626. The van der Waals surface area contributed by atoms with Gasteiger partial charge in [-0.05, 0) is 19.1 Å². The van der Waals surface area contributed by atoms with Crippen LogP contribution >= 0.6 is 23.1 Å². The van der Waals surface area contributed by atoms with Crippen LogP contribution in [0, 0.1) is 6.92 Å². The van der Waals surface area contributed by atoms with Crippen LogP contribution in [0.1, 0.15) is 15.4 Å². The van der Waals surface area contributed by atoms with Gasteiger partial charge in [-0.3, -0.25) is 9.59 Å². The standard InChI is InChI=1S/C16H18N6O3S2/c1-9-12(14(24)21(2)3)27-15(17-9)18-11(23)8-26-16-20-19-13(22(16)4)10-6-5-7-25-10/h5-7H,8H2,1-4H3,(H,17,18,23). The average molecular weight is 406 g/mol. The second-order valence-electron chi connectivity index (χ2n) is 5.81. The molecule has 0 aromatic carbocycles. The minimum Gasteiger partial charge on any atom is -0.461 e. The number of thiazole rings is 1. The fourth-order valence-corrected chi connectivity index (χ4v) is 3.91. The van der Waals surface area contributed by atoms with Crippen molar-refractivity contribution in [3.63, 3.8) is 0 Å². The van der Waals surface area contributed by atoms with Crippen molar-refractivity contribution in [2.45, 2.75) is 12.1 Å². The molecule has 27 heavy (non-hydrogen) atoms. The molecule has 1 N–H and O–H groups in total. The van der Waals surface area contributed by atoms with Crippen LogP contribution < -0.4 is 5.32 Å². The summed E-state index contributed by atoms with van der Waals surface area (Å²) in [5.41, 5.74) is 0.595. The van der Waals surface area contributed by atoms with Gasteiger partial charge in [-0.15, -0.1) is 10.2 Å². The van der Waals surface area contributed by atoms with Crippen LogP contribution in [0.5, 0.6) is 0 Å². The summed E-state index contributed by atoms with van der Waals surface area (Å²) in [5.74, 6) is 0.965. The number of amides is 2. The van der Waals surface area contributed by atoms with Gasteiger partial charge in [0.1, 0.15) is 4.88 Å². The average Bonchev–Trinajstić information content (AvgIpc) is 3.33. The Kier molecular flexibility index (Phi) is 5.61. The second kappa shape index (κ2) is 7.92. The molecule has 142 valence electrons. The molecule has 0 saturated carbocycles. The Morgan fingerprint density at radius 2 is 2.15 bits per heavy atom. The van der Waals surface area contributed by atoms with Gasteiger partial charge in [-0.25, -0.2) is 4.98 Å². The number of nitrogens with zero attached hydrogens (tertiary/aromatic N) is 5. The SMILES string of the molecule is Cc1nc(NC(=O)CSc2nnc(-c3ccco3)n2C)sc1C(=O)N(C)C. The number of rotatable bonds is 6. The molecule has 3 aromatic heterocycles. The van der Waals surface area contributed by atoms with E-state index in [9.17, 15) is 9.59 Å². The second-order valence-corrected chi connectivity index (χ2v) is 7.75. The normalized spacial score (nSPS) is 10.8. The summed E-state index contributed by atoms with van der Waals surface area (Å²) in [6.45, 7) is 1.74. The van der Waals surface area contributed by atoms with E-state index in [4.69, 9.17) is 4.42 Å². The highest BCUT2D eigenvalue weighted by molar-refractivity contribution is 7.99. The molecule has 0 aliphatic rings. The number of carbonyl (C=O) groups is 2. The molecule has 11 heteroatoms. The molecule has 0 fully saturated rings. The highest BCUT2D eigenvalue weighted by atomic mass is 32.2. The predicted molar refractivity (Wildman–Crippen MR) is 103 cm³/mol. The molecular weight excluding hydrogens is 388 g/mol. The van der Waals surface area contributed by atoms with Crippen molar-refractivity contribution >= 4 is 40.0 Å². The van der Waals surface area contributed by atoms with Crippen LogP contribution in [-0.4, -0.2) is 56.3 Å². The first-order chi connectivity index (χ1) is 12.9. The van der Waals surface area contributed by atoms with E-state index < -0.39 is 0 Å². The molecule has 0 aliphatic carbocycles. The number of aromatic nitrogens is 4. The van der Waals surface area contributed by atoms with E-state index in [1.54, 1.807) is 51.0 Å². The maximum atomic E-state index is 12.2. The zero-order valence-corrected chi connectivity index (χ0v) is 16.8. The Bertz CT molecular complexity index is 961. The molecule has 0 spiro atoms. The van der Waals surface area contributed by atoms with Gasteiger partial charge in [0.2, 0.25) is 5.91 Å². The van der Waals surface area contributed by atoms with Crippen molar-refractivity contribution in [2.75, 3.05) is 25.2 Å². The minimum atomic E-state index is -0.236. The van der Waals surface area contributed by atoms with Crippen LogP contribution in [0.25, 0.3) is 11.6 Å². The molecule has 3 heterocycles. The molecule has 0 atom stereocenters. The lowest BCUT2D eigenvalue weighted by atomic mass is 10.3. The van der Waals surface area contributed by atoms with Crippen molar-refractivity contribution in [1.82, 2.24) is 24.6 Å². The lowest BCUT2D eigenvalue weighted by Gasteiger charge is -2.07. The van der Waals surface area contributed by atoms with E-state index in [0.717, 1.165) is 11.3 Å². The number of furan rings is 1. The van der Waals surface area contributed by atoms with Gasteiger partial charge in [0.15, 0.2) is 21.9 Å². The molecule has 3 aromatic rings. The minimum absolute atomic E-state index is 0.135. The van der Waals surface area contributed by atoms with Crippen molar-refractivity contribution in [1.29, 1.82) is 0 Å². The van der Waals surface area contributed by atoms with E-state index in [2.05, 4.69) is 20.5 Å². The summed E-state index contributed by atoms with van der Waals surface area (Å²) in [6, 6.07) is 3.57. The Morgan fingerprint density at radius 3 is 2.81 bits per heavy atom. The zero-order chi connectivity index (χ0) is 19.6. The van der Waals surface area contributed by atoms with Gasteiger partial charge in [0, 0.05) is 21.1 Å². The zero-order valence-electron chi connectivity index (χ0n) is 15.2. The summed E-state index contributed by atoms with van der Waals surface area (Å²) in [5, 5.41) is 11.9. The molecule has 0 aliphatic heterocycles. The van der Waals surface area contributed by atoms with Crippen LogP contribution in [0.2, 0.25) is 0 Å². The molecular formula is C16H18N6O3S2. The number of hydrogen-bond acceptors (Lipinski definition) is 8. The first kappa shape index (κ1) is 19.1. The number of carbonyl (C=O) groups excluding carboxylic acids is 2. The highest BCUT2D eigenvalue weighted by Gasteiger charge is 2.19. The number of nitrogens with one attached hydrogen (secondary N) is 1. The predicted octanol–water partition coefficient (Wildman–Crippen LogP) is 2.27. The Labute approximate surface area is 163 Å². The molecule has 3 rings (SSSR count). The van der Waals surface area contributed by atoms with Crippen LogP contribution in [0.3, 0.4) is 0 Å². The van der Waals surface area contributed by atoms with Crippen molar-refractivity contribution in [3.05, 3.63) is 29.0 Å². The molecule has 9 nitrogen and oxygen atoms in total. The Hall–Kier alpha value is -2.66. The lowest BCUT2D eigenvalue weighted by Crippen LogP contribution is -2.21. The summed E-state index contributed by atoms with van der Waals surface area (Å²) in [4.78, 5) is 30.5. The van der Waals surface area contributed by atoms with Crippen LogP contribution in [-0.2, 0) is 11.8 Å². The third-order valence-corrected chi connectivity index (χ3v) is 5.63. The maximum absolute atomic E-state index is 12.2. The topological polar surface area (TPSA) is 106 Å². The number of anilines is 1. The van der Waals surface area contributed by atoms with E-state index >= 15 is 0 Å². The van der Waals surface area contributed by atoms with Gasteiger partial charge in [-0.1, -0.05) is 23.1 Å². The van der Waals surface area contributed by atoms with Gasteiger partial charge >= 0.3 is 0 Å².